The van der Waals surface area contributed by atoms with Gasteiger partial charge in [-0.25, -0.2) is 4.79 Å². The molecule has 0 unspecified atom stereocenters. The van der Waals surface area contributed by atoms with Crippen molar-refractivity contribution in [3.8, 4) is 0 Å². The Bertz CT molecular complexity index is 358. The summed E-state index contributed by atoms with van der Waals surface area (Å²) in [5.41, 5.74) is 1.07. The van der Waals surface area contributed by atoms with E-state index in [1.165, 1.54) is 6.20 Å². The fraction of sp³-hybridized carbons (Fsp3) is 0.333. The molecular formula is C12H15NO2. The lowest BCUT2D eigenvalue weighted by atomic mass is 10.1. The molecule has 80 valence electrons. The molecular weight excluding hydrogens is 190 g/mol. The maximum absolute atomic E-state index is 10.7. The summed E-state index contributed by atoms with van der Waals surface area (Å²) in [5.74, 6) is -0.939. The predicted octanol–water partition coefficient (Wildman–Crippen LogP) is 2.98. The molecule has 1 aromatic heterocycles. The number of unbranched alkanes of at least 4 members (excludes halogenated alkanes) is 2. The van der Waals surface area contributed by atoms with E-state index in [0.717, 1.165) is 24.8 Å². The summed E-state index contributed by atoms with van der Waals surface area (Å²) in [6.07, 6.45) is 10.3. The van der Waals surface area contributed by atoms with E-state index in [4.69, 9.17) is 5.11 Å². The van der Waals surface area contributed by atoms with Crippen LogP contribution >= 0.6 is 0 Å². The van der Waals surface area contributed by atoms with E-state index in [9.17, 15) is 4.79 Å². The van der Waals surface area contributed by atoms with Gasteiger partial charge in [0.25, 0.3) is 0 Å². The Morgan fingerprint density at radius 2 is 2.33 bits per heavy atom. The molecule has 1 heterocycles. The van der Waals surface area contributed by atoms with Crippen molar-refractivity contribution in [1.82, 2.24) is 4.98 Å². The minimum Gasteiger partial charge on any atom is -0.478 e. The third-order valence-corrected chi connectivity index (χ3v) is 2.04. The van der Waals surface area contributed by atoms with E-state index in [1.54, 1.807) is 12.3 Å². The highest BCUT2D eigenvalue weighted by atomic mass is 16.4. The summed E-state index contributed by atoms with van der Waals surface area (Å²) in [6.45, 7) is 2.14. The van der Waals surface area contributed by atoms with Crippen LogP contribution in [0.1, 0.15) is 42.1 Å². The van der Waals surface area contributed by atoms with Crippen LogP contribution in [0.15, 0.2) is 24.5 Å². The number of hydrogen-bond acceptors (Lipinski definition) is 2. The second kappa shape index (κ2) is 5.96. The van der Waals surface area contributed by atoms with Gasteiger partial charge in [0.1, 0.15) is 0 Å². The van der Waals surface area contributed by atoms with Crippen LogP contribution < -0.4 is 0 Å². The number of aromatic carboxylic acids is 1. The molecule has 15 heavy (non-hydrogen) atoms. The molecule has 0 bridgehead atoms. The van der Waals surface area contributed by atoms with Gasteiger partial charge in [-0.2, -0.15) is 0 Å². The number of hydrogen-bond donors (Lipinski definition) is 1. The second-order valence-corrected chi connectivity index (χ2v) is 3.36. The van der Waals surface area contributed by atoms with Gasteiger partial charge in [0, 0.05) is 12.4 Å². The maximum Gasteiger partial charge on any atom is 0.337 e. The largest absolute Gasteiger partial charge is 0.478 e. The molecule has 1 N–H and O–H groups in total. The molecule has 0 amide bonds. The van der Waals surface area contributed by atoms with Crippen LogP contribution in [0.25, 0.3) is 6.08 Å². The standard InChI is InChI=1S/C12H15NO2/c1-2-3-4-5-6-10-7-11(12(14)15)9-13-8-10/h5-9H,2-4H2,1H3,(H,14,15)/b6-5+. The van der Waals surface area contributed by atoms with Crippen LogP contribution in [-0.2, 0) is 0 Å². The topological polar surface area (TPSA) is 50.2 Å². The first kappa shape index (κ1) is 11.4. The smallest absolute Gasteiger partial charge is 0.337 e. The quantitative estimate of drug-likeness (QED) is 0.752. The summed E-state index contributed by atoms with van der Waals surface area (Å²) in [6, 6.07) is 1.62. The van der Waals surface area contributed by atoms with E-state index in [-0.39, 0.29) is 5.56 Å². The van der Waals surface area contributed by atoms with Crippen LogP contribution in [0.4, 0.5) is 0 Å². The van der Waals surface area contributed by atoms with Crippen molar-refractivity contribution in [2.24, 2.45) is 0 Å². The van der Waals surface area contributed by atoms with Crippen LogP contribution in [0, 0.1) is 0 Å². The van der Waals surface area contributed by atoms with Crippen molar-refractivity contribution < 1.29 is 9.90 Å². The normalized spacial score (nSPS) is 10.7. The zero-order valence-electron chi connectivity index (χ0n) is 8.81. The highest BCUT2D eigenvalue weighted by Crippen LogP contribution is 2.06. The minimum atomic E-state index is -0.939. The van der Waals surface area contributed by atoms with Crippen molar-refractivity contribution in [3.63, 3.8) is 0 Å². The summed E-state index contributed by atoms with van der Waals surface area (Å²) >= 11 is 0. The number of aromatic nitrogens is 1. The molecule has 0 aliphatic heterocycles. The predicted molar refractivity (Wildman–Crippen MR) is 59.8 cm³/mol. The van der Waals surface area contributed by atoms with E-state index in [0.29, 0.717) is 0 Å². The van der Waals surface area contributed by atoms with Gasteiger partial charge in [-0.15, -0.1) is 0 Å². The molecule has 0 radical (unpaired) electrons. The Morgan fingerprint density at radius 3 is 3.00 bits per heavy atom. The average molecular weight is 205 g/mol. The van der Waals surface area contributed by atoms with Crippen molar-refractivity contribution in [3.05, 3.63) is 35.7 Å². The number of carboxylic acids is 1. The zero-order chi connectivity index (χ0) is 11.1. The Labute approximate surface area is 89.5 Å². The van der Waals surface area contributed by atoms with Gasteiger partial charge in [0.05, 0.1) is 5.56 Å². The van der Waals surface area contributed by atoms with Crippen LogP contribution in [-0.4, -0.2) is 16.1 Å². The van der Waals surface area contributed by atoms with E-state index in [1.807, 2.05) is 12.2 Å². The molecule has 0 spiro atoms. The lowest BCUT2D eigenvalue weighted by Gasteiger charge is -1.95. The van der Waals surface area contributed by atoms with Gasteiger partial charge in [0.15, 0.2) is 0 Å². The fourth-order valence-corrected chi connectivity index (χ4v) is 1.21. The second-order valence-electron chi connectivity index (χ2n) is 3.36. The van der Waals surface area contributed by atoms with E-state index < -0.39 is 5.97 Å². The summed E-state index contributed by atoms with van der Waals surface area (Å²) < 4.78 is 0. The van der Waals surface area contributed by atoms with Crippen molar-refractivity contribution in [1.29, 1.82) is 0 Å². The monoisotopic (exact) mass is 205 g/mol. The third kappa shape index (κ3) is 3.94. The van der Waals surface area contributed by atoms with Crippen molar-refractivity contribution in [2.75, 3.05) is 0 Å². The highest BCUT2D eigenvalue weighted by Gasteiger charge is 2.01. The molecule has 0 aliphatic rings. The number of nitrogens with zero attached hydrogens (tertiary/aromatic N) is 1. The van der Waals surface area contributed by atoms with Gasteiger partial charge < -0.3 is 5.11 Å². The maximum atomic E-state index is 10.7. The highest BCUT2D eigenvalue weighted by molar-refractivity contribution is 5.87. The van der Waals surface area contributed by atoms with Crippen LogP contribution in [0.5, 0.6) is 0 Å². The van der Waals surface area contributed by atoms with Gasteiger partial charge in [-0.3, -0.25) is 4.98 Å². The summed E-state index contributed by atoms with van der Waals surface area (Å²) in [4.78, 5) is 14.5. The molecule has 0 aromatic carbocycles. The van der Waals surface area contributed by atoms with Gasteiger partial charge >= 0.3 is 5.97 Å². The minimum absolute atomic E-state index is 0.229. The van der Waals surface area contributed by atoms with Crippen LogP contribution in [0.3, 0.4) is 0 Å². The molecule has 1 rings (SSSR count). The number of pyridine rings is 1. The molecule has 1 aromatic rings. The number of carbonyl (C=O) groups is 1. The first-order chi connectivity index (χ1) is 7.24. The van der Waals surface area contributed by atoms with Gasteiger partial charge in [-0.05, 0) is 18.1 Å². The molecule has 0 aliphatic carbocycles. The Balaban J connectivity index is 2.65. The van der Waals surface area contributed by atoms with Crippen molar-refractivity contribution in [2.45, 2.75) is 26.2 Å². The Kier molecular flexibility index (Phi) is 4.54. The zero-order valence-corrected chi connectivity index (χ0v) is 8.81. The van der Waals surface area contributed by atoms with Gasteiger partial charge in [0.2, 0.25) is 0 Å². The first-order valence-corrected chi connectivity index (χ1v) is 5.09. The molecule has 3 heteroatoms. The van der Waals surface area contributed by atoms with Crippen LogP contribution in [0.2, 0.25) is 0 Å². The molecule has 0 saturated carbocycles. The fourth-order valence-electron chi connectivity index (χ4n) is 1.21. The van der Waals surface area contributed by atoms with Gasteiger partial charge in [-0.1, -0.05) is 31.9 Å². The average Bonchev–Trinajstić information content (AvgIpc) is 2.25. The lowest BCUT2D eigenvalue weighted by Crippen LogP contribution is -1.96. The molecule has 3 nitrogen and oxygen atoms in total. The Hall–Kier alpha value is -1.64. The summed E-state index contributed by atoms with van der Waals surface area (Å²) in [5, 5.41) is 8.75. The lowest BCUT2D eigenvalue weighted by molar-refractivity contribution is 0.0696. The summed E-state index contributed by atoms with van der Waals surface area (Å²) in [7, 11) is 0. The SMILES string of the molecule is CCCC/C=C/c1cncc(C(=O)O)c1. The number of carboxylic acid groups (broad SMARTS) is 1. The van der Waals surface area contributed by atoms with E-state index >= 15 is 0 Å². The van der Waals surface area contributed by atoms with E-state index in [2.05, 4.69) is 11.9 Å². The van der Waals surface area contributed by atoms with Crippen molar-refractivity contribution >= 4 is 12.0 Å². The first-order valence-electron chi connectivity index (χ1n) is 5.09. The Morgan fingerprint density at radius 1 is 1.53 bits per heavy atom. The molecule has 0 fully saturated rings. The molecule has 0 saturated heterocycles. The molecule has 0 atom stereocenters. The number of allylic oxidation sites excluding steroid dienone is 1. The third-order valence-electron chi connectivity index (χ3n) is 2.04. The number of rotatable bonds is 5.